The molecule has 5 heteroatoms. The summed E-state index contributed by atoms with van der Waals surface area (Å²) in [5.41, 5.74) is 4.64. The molecule has 1 saturated heterocycles. The molecule has 0 N–H and O–H groups in total. The van der Waals surface area contributed by atoms with Crippen LogP contribution in [-0.4, -0.2) is 46.9 Å². The molecule has 1 aliphatic heterocycles. The van der Waals surface area contributed by atoms with Crippen molar-refractivity contribution in [3.8, 4) is 11.3 Å². The van der Waals surface area contributed by atoms with Crippen molar-refractivity contribution >= 4 is 5.91 Å². The molecule has 0 spiro atoms. The van der Waals surface area contributed by atoms with Gasteiger partial charge in [-0.2, -0.15) is 5.10 Å². The summed E-state index contributed by atoms with van der Waals surface area (Å²) in [6, 6.07) is 18.3. The molecular weight excluding hydrogens is 362 g/mol. The summed E-state index contributed by atoms with van der Waals surface area (Å²) in [6.45, 7) is 4.08. The van der Waals surface area contributed by atoms with Crippen LogP contribution in [0.2, 0.25) is 0 Å². The maximum Gasteiger partial charge on any atom is 0.257 e. The number of carbonyl (C=O) groups excluding carboxylic acids is 1. The summed E-state index contributed by atoms with van der Waals surface area (Å²) < 4.78 is 7.57. The van der Waals surface area contributed by atoms with E-state index in [-0.39, 0.29) is 12.0 Å². The van der Waals surface area contributed by atoms with Gasteiger partial charge in [0.2, 0.25) is 0 Å². The molecule has 3 aromatic rings. The van der Waals surface area contributed by atoms with Crippen LogP contribution >= 0.6 is 0 Å². The Labute approximate surface area is 171 Å². The molecule has 2 aromatic carbocycles. The van der Waals surface area contributed by atoms with Crippen molar-refractivity contribution in [1.29, 1.82) is 0 Å². The molecular formula is C24H27N3O2. The number of ether oxygens (including phenoxy) is 1. The molecule has 29 heavy (non-hydrogen) atoms. The van der Waals surface area contributed by atoms with E-state index in [1.54, 1.807) is 4.90 Å². The zero-order chi connectivity index (χ0) is 20.2. The smallest absolute Gasteiger partial charge is 0.257 e. The van der Waals surface area contributed by atoms with Crippen LogP contribution in [0, 0.1) is 6.92 Å². The lowest BCUT2D eigenvalue weighted by Crippen LogP contribution is -2.34. The van der Waals surface area contributed by atoms with Gasteiger partial charge in [0.1, 0.15) is 5.69 Å². The van der Waals surface area contributed by atoms with Crippen LogP contribution in [0.3, 0.4) is 0 Å². The Hall–Kier alpha value is -2.92. The molecule has 2 heterocycles. The minimum Gasteiger partial charge on any atom is -0.376 e. The van der Waals surface area contributed by atoms with Crippen LogP contribution in [-0.2, 0) is 11.3 Å². The van der Waals surface area contributed by atoms with Gasteiger partial charge < -0.3 is 9.64 Å². The highest BCUT2D eigenvalue weighted by molar-refractivity contribution is 5.99. The first-order valence-corrected chi connectivity index (χ1v) is 10.2. The van der Waals surface area contributed by atoms with E-state index in [1.165, 1.54) is 5.56 Å². The number of carbonyl (C=O) groups is 1. The third-order valence-electron chi connectivity index (χ3n) is 5.35. The summed E-state index contributed by atoms with van der Waals surface area (Å²) in [7, 11) is 1.84. The maximum atomic E-state index is 13.3. The summed E-state index contributed by atoms with van der Waals surface area (Å²) in [4.78, 5) is 15.0. The number of aryl methyl sites for hydroxylation is 1. The molecule has 0 aliphatic carbocycles. The van der Waals surface area contributed by atoms with Gasteiger partial charge in [-0.05, 0) is 25.3 Å². The van der Waals surface area contributed by atoms with E-state index in [1.807, 2.05) is 48.3 Å². The number of hydrogen-bond acceptors (Lipinski definition) is 3. The predicted octanol–water partition coefficient (Wildman–Crippen LogP) is 4.16. The van der Waals surface area contributed by atoms with Crippen molar-refractivity contribution in [3.63, 3.8) is 0 Å². The van der Waals surface area contributed by atoms with E-state index in [0.29, 0.717) is 18.7 Å². The molecule has 0 bridgehead atoms. The molecule has 4 rings (SSSR count). The molecule has 1 amide bonds. The standard InChI is InChI=1S/C24H27N3O2/c1-18-10-12-20(13-11-18)23-22(24(28)26(2)16-21-9-6-14-29-21)17-27(25-23)15-19-7-4-3-5-8-19/h3-5,7-8,10-13,17,21H,6,9,14-16H2,1-2H3. The van der Waals surface area contributed by atoms with Gasteiger partial charge >= 0.3 is 0 Å². The average Bonchev–Trinajstić information content (AvgIpc) is 3.39. The number of likely N-dealkylation sites (N-methyl/N-ethyl adjacent to an activating group) is 1. The number of amides is 1. The summed E-state index contributed by atoms with van der Waals surface area (Å²) in [5.74, 6) is -0.0182. The number of hydrogen-bond donors (Lipinski definition) is 0. The van der Waals surface area contributed by atoms with Gasteiger partial charge in [-0.15, -0.1) is 0 Å². The SMILES string of the molecule is Cc1ccc(-c2nn(Cc3ccccc3)cc2C(=O)N(C)CC2CCCO2)cc1. The second-order valence-corrected chi connectivity index (χ2v) is 7.76. The van der Waals surface area contributed by atoms with Gasteiger partial charge in [-0.3, -0.25) is 9.48 Å². The van der Waals surface area contributed by atoms with E-state index in [4.69, 9.17) is 9.84 Å². The molecule has 150 valence electrons. The zero-order valence-corrected chi connectivity index (χ0v) is 17.0. The van der Waals surface area contributed by atoms with Crippen LogP contribution in [0.15, 0.2) is 60.8 Å². The Balaban J connectivity index is 1.64. The molecule has 1 unspecified atom stereocenters. The van der Waals surface area contributed by atoms with Crippen molar-refractivity contribution < 1.29 is 9.53 Å². The monoisotopic (exact) mass is 389 g/mol. The van der Waals surface area contributed by atoms with Crippen LogP contribution in [0.1, 0.15) is 34.3 Å². The summed E-state index contributed by atoms with van der Waals surface area (Å²) in [6.07, 6.45) is 4.08. The van der Waals surface area contributed by atoms with Gasteiger partial charge in [-0.1, -0.05) is 60.2 Å². The Morgan fingerprint density at radius 1 is 1.17 bits per heavy atom. The minimum absolute atomic E-state index is 0.0182. The number of benzene rings is 2. The molecule has 5 nitrogen and oxygen atoms in total. The van der Waals surface area contributed by atoms with Crippen molar-refractivity contribution in [2.45, 2.75) is 32.4 Å². The van der Waals surface area contributed by atoms with Gasteiger partial charge in [0, 0.05) is 32.0 Å². The zero-order valence-electron chi connectivity index (χ0n) is 17.0. The number of aromatic nitrogens is 2. The lowest BCUT2D eigenvalue weighted by atomic mass is 10.1. The fourth-order valence-electron chi connectivity index (χ4n) is 3.74. The third kappa shape index (κ3) is 4.57. The Morgan fingerprint density at radius 3 is 2.62 bits per heavy atom. The summed E-state index contributed by atoms with van der Waals surface area (Å²) in [5, 5.41) is 4.78. The van der Waals surface area contributed by atoms with Crippen LogP contribution in [0.25, 0.3) is 11.3 Å². The Morgan fingerprint density at radius 2 is 1.93 bits per heavy atom. The molecule has 1 aromatic heterocycles. The van der Waals surface area contributed by atoms with Crippen molar-refractivity contribution in [2.75, 3.05) is 20.2 Å². The largest absolute Gasteiger partial charge is 0.376 e. The van der Waals surface area contributed by atoms with E-state index in [2.05, 4.69) is 31.2 Å². The normalized spacial score (nSPS) is 16.1. The fourth-order valence-corrected chi connectivity index (χ4v) is 3.74. The lowest BCUT2D eigenvalue weighted by molar-refractivity contribution is 0.0587. The van der Waals surface area contributed by atoms with E-state index in [0.717, 1.165) is 36.3 Å². The van der Waals surface area contributed by atoms with Crippen molar-refractivity contribution in [3.05, 3.63) is 77.5 Å². The number of nitrogens with zero attached hydrogens (tertiary/aromatic N) is 3. The first-order chi connectivity index (χ1) is 14.1. The van der Waals surface area contributed by atoms with Gasteiger partial charge in [0.25, 0.3) is 5.91 Å². The van der Waals surface area contributed by atoms with E-state index >= 15 is 0 Å². The van der Waals surface area contributed by atoms with E-state index < -0.39 is 0 Å². The molecule has 1 aliphatic rings. The first kappa shape index (κ1) is 19.4. The lowest BCUT2D eigenvalue weighted by Gasteiger charge is -2.20. The molecule has 1 atom stereocenters. The van der Waals surface area contributed by atoms with Crippen molar-refractivity contribution in [2.24, 2.45) is 0 Å². The molecule has 0 saturated carbocycles. The summed E-state index contributed by atoms with van der Waals surface area (Å²) >= 11 is 0. The van der Waals surface area contributed by atoms with Gasteiger partial charge in [0.15, 0.2) is 0 Å². The topological polar surface area (TPSA) is 47.4 Å². The highest BCUT2D eigenvalue weighted by Gasteiger charge is 2.25. The van der Waals surface area contributed by atoms with Gasteiger partial charge in [-0.25, -0.2) is 0 Å². The minimum atomic E-state index is -0.0182. The predicted molar refractivity (Wildman–Crippen MR) is 114 cm³/mol. The quantitative estimate of drug-likeness (QED) is 0.636. The second kappa shape index (κ2) is 8.62. The van der Waals surface area contributed by atoms with Gasteiger partial charge in [0.05, 0.1) is 18.2 Å². The highest BCUT2D eigenvalue weighted by atomic mass is 16.5. The second-order valence-electron chi connectivity index (χ2n) is 7.76. The fraction of sp³-hybridized carbons (Fsp3) is 0.333. The number of rotatable bonds is 6. The molecule has 0 radical (unpaired) electrons. The maximum absolute atomic E-state index is 13.3. The molecule has 1 fully saturated rings. The third-order valence-corrected chi connectivity index (χ3v) is 5.35. The first-order valence-electron chi connectivity index (χ1n) is 10.2. The van der Waals surface area contributed by atoms with E-state index in [9.17, 15) is 4.79 Å². The Bertz CT molecular complexity index is 958. The van der Waals surface area contributed by atoms with Crippen molar-refractivity contribution in [1.82, 2.24) is 14.7 Å². The van der Waals surface area contributed by atoms with Crippen LogP contribution in [0.4, 0.5) is 0 Å². The average molecular weight is 389 g/mol. The van der Waals surface area contributed by atoms with Crippen LogP contribution < -0.4 is 0 Å². The highest BCUT2D eigenvalue weighted by Crippen LogP contribution is 2.25. The van der Waals surface area contributed by atoms with Crippen LogP contribution in [0.5, 0.6) is 0 Å². The Kier molecular flexibility index (Phi) is 5.76.